The third-order valence-corrected chi connectivity index (χ3v) is 8.03. The zero-order chi connectivity index (χ0) is 30.5. The topological polar surface area (TPSA) is 100 Å². The van der Waals surface area contributed by atoms with Crippen LogP contribution in [0.25, 0.3) is 0 Å². The molecule has 3 rings (SSSR count). The lowest BCUT2D eigenvalue weighted by Gasteiger charge is -2.37. The predicted octanol–water partition coefficient (Wildman–Crippen LogP) is 5.69. The fourth-order valence-corrected chi connectivity index (χ4v) is 5.79. The zero-order valence-corrected chi connectivity index (χ0v) is 25.9. The van der Waals surface area contributed by atoms with Gasteiger partial charge in [-0.05, 0) is 57.4 Å². The van der Waals surface area contributed by atoms with E-state index < -0.39 is 12.1 Å². The van der Waals surface area contributed by atoms with Gasteiger partial charge in [-0.3, -0.25) is 9.59 Å². The van der Waals surface area contributed by atoms with Crippen LogP contribution in [0.3, 0.4) is 0 Å². The lowest BCUT2D eigenvalue weighted by atomic mass is 9.89. The van der Waals surface area contributed by atoms with E-state index in [1.807, 2.05) is 44.2 Å². The quantitative estimate of drug-likeness (QED) is 0.186. The molecule has 2 fully saturated rings. The van der Waals surface area contributed by atoms with Crippen molar-refractivity contribution < 1.29 is 33.3 Å². The SMILES string of the molecule is CNC(=O)C/C(C)=C/C=C\C=C\C1OC(=O)CC2C/C(=C\C(=O)OC)CC(CC3CCCC(CC(C)/C=C/C1C)O3)O2. The average molecular weight is 584 g/mol. The lowest BCUT2D eigenvalue weighted by Crippen LogP contribution is -2.37. The monoisotopic (exact) mass is 583 g/mol. The molecule has 0 radical (unpaired) electrons. The third-order valence-electron chi connectivity index (χ3n) is 8.03. The van der Waals surface area contributed by atoms with Gasteiger partial charge in [0.2, 0.25) is 5.91 Å². The van der Waals surface area contributed by atoms with Gasteiger partial charge in [0, 0.05) is 31.9 Å². The number of hydrogen-bond donors (Lipinski definition) is 1. The molecular weight excluding hydrogens is 534 g/mol. The van der Waals surface area contributed by atoms with Crippen LogP contribution in [0.15, 0.2) is 59.8 Å². The summed E-state index contributed by atoms with van der Waals surface area (Å²) in [4.78, 5) is 36.8. The highest BCUT2D eigenvalue weighted by Crippen LogP contribution is 2.33. The van der Waals surface area contributed by atoms with Crippen LogP contribution in [-0.2, 0) is 33.3 Å². The van der Waals surface area contributed by atoms with E-state index in [1.54, 1.807) is 7.05 Å². The van der Waals surface area contributed by atoms with Gasteiger partial charge in [-0.1, -0.05) is 61.4 Å². The first-order valence-corrected chi connectivity index (χ1v) is 15.3. The Kier molecular flexibility index (Phi) is 13.7. The second-order valence-corrected chi connectivity index (χ2v) is 11.9. The molecule has 8 heteroatoms. The Labute approximate surface area is 251 Å². The van der Waals surface area contributed by atoms with Crippen molar-refractivity contribution in [1.29, 1.82) is 0 Å². The summed E-state index contributed by atoms with van der Waals surface area (Å²) in [5.74, 6) is -0.490. The Morgan fingerprint density at radius 2 is 1.69 bits per heavy atom. The van der Waals surface area contributed by atoms with Crippen LogP contribution in [-0.4, -0.2) is 62.5 Å². The Hall–Kier alpha value is -2.97. The fraction of sp³-hybridized carbons (Fsp3) is 0.618. The molecule has 0 saturated carbocycles. The number of nitrogens with one attached hydrogen (secondary N) is 1. The van der Waals surface area contributed by atoms with Gasteiger partial charge in [0.15, 0.2) is 0 Å². The standard InChI is InChI=1S/C34H49NO7/c1-23(17-32(36)35-4)10-7-6-8-13-31-25(3)15-14-24(2)16-27-11-9-12-28(40-27)21-29-18-26(20-33(37)39-5)19-30(41-29)22-34(38)42-31/h6-8,10,13-15,20,24-25,27-31H,9,11-12,16-19,21-22H2,1-5H3,(H,35,36)/b7-6-,13-8+,15-14+,23-10+,26-20-. The number of cyclic esters (lactones) is 1. The Morgan fingerprint density at radius 1 is 0.976 bits per heavy atom. The van der Waals surface area contributed by atoms with Crippen molar-refractivity contribution in [3.05, 3.63) is 59.8 Å². The lowest BCUT2D eigenvalue weighted by molar-refractivity contribution is -0.154. The summed E-state index contributed by atoms with van der Waals surface area (Å²) in [6, 6.07) is 0. The second-order valence-electron chi connectivity index (χ2n) is 11.9. The summed E-state index contributed by atoms with van der Waals surface area (Å²) in [6.07, 6.45) is 21.0. The average Bonchev–Trinajstić information content (AvgIpc) is 2.94. The highest BCUT2D eigenvalue weighted by molar-refractivity contribution is 5.82. The van der Waals surface area contributed by atoms with Gasteiger partial charge in [0.25, 0.3) is 0 Å². The van der Waals surface area contributed by atoms with Gasteiger partial charge >= 0.3 is 11.9 Å². The van der Waals surface area contributed by atoms with Crippen LogP contribution in [0, 0.1) is 11.8 Å². The molecule has 2 saturated heterocycles. The van der Waals surface area contributed by atoms with Crippen molar-refractivity contribution in [2.24, 2.45) is 11.8 Å². The molecule has 1 amide bonds. The highest BCUT2D eigenvalue weighted by atomic mass is 16.6. The van der Waals surface area contributed by atoms with Gasteiger partial charge in [-0.15, -0.1) is 0 Å². The Morgan fingerprint density at radius 3 is 2.43 bits per heavy atom. The second kappa shape index (κ2) is 17.2. The largest absolute Gasteiger partial charge is 0.466 e. The molecule has 42 heavy (non-hydrogen) atoms. The van der Waals surface area contributed by atoms with Gasteiger partial charge in [-0.2, -0.15) is 0 Å². The normalized spacial score (nSPS) is 33.4. The van der Waals surface area contributed by atoms with E-state index in [-0.39, 0.29) is 48.6 Å². The first-order chi connectivity index (χ1) is 20.1. The molecule has 3 aliphatic rings. The maximum Gasteiger partial charge on any atom is 0.330 e. The first-order valence-electron chi connectivity index (χ1n) is 15.3. The number of ether oxygens (including phenoxy) is 4. The maximum absolute atomic E-state index is 13.2. The minimum Gasteiger partial charge on any atom is -0.466 e. The first kappa shape index (κ1) is 33.5. The number of esters is 2. The molecule has 0 aromatic carbocycles. The third kappa shape index (κ3) is 11.7. The summed E-state index contributed by atoms with van der Waals surface area (Å²) in [5.41, 5.74) is 1.87. The van der Waals surface area contributed by atoms with Crippen molar-refractivity contribution in [3.8, 4) is 0 Å². The van der Waals surface area contributed by atoms with Crippen LogP contribution in [0.5, 0.6) is 0 Å². The highest BCUT2D eigenvalue weighted by Gasteiger charge is 2.33. The molecule has 0 aromatic rings. The number of fused-ring (bicyclic) bond motifs is 4. The van der Waals surface area contributed by atoms with E-state index in [1.165, 1.54) is 13.2 Å². The van der Waals surface area contributed by atoms with Crippen molar-refractivity contribution in [3.63, 3.8) is 0 Å². The predicted molar refractivity (Wildman–Crippen MR) is 162 cm³/mol. The van der Waals surface area contributed by atoms with Gasteiger partial charge in [0.05, 0.1) is 37.9 Å². The van der Waals surface area contributed by atoms with E-state index in [0.717, 1.165) is 43.3 Å². The summed E-state index contributed by atoms with van der Waals surface area (Å²) in [7, 11) is 2.99. The van der Waals surface area contributed by atoms with E-state index >= 15 is 0 Å². The molecule has 7 atom stereocenters. The molecule has 8 nitrogen and oxygen atoms in total. The van der Waals surface area contributed by atoms with Crippen LogP contribution >= 0.6 is 0 Å². The minimum absolute atomic E-state index is 0.0310. The fourth-order valence-electron chi connectivity index (χ4n) is 5.79. The molecule has 0 aromatic heterocycles. The Bertz CT molecular complexity index is 1070. The number of hydrogen-bond acceptors (Lipinski definition) is 7. The van der Waals surface area contributed by atoms with Gasteiger partial charge in [0.1, 0.15) is 6.10 Å². The summed E-state index contributed by atoms with van der Waals surface area (Å²) in [5, 5.41) is 2.62. The number of rotatable bonds is 6. The van der Waals surface area contributed by atoms with Crippen molar-refractivity contribution in [2.45, 2.75) is 109 Å². The number of allylic oxidation sites excluding steroid dienone is 5. The molecule has 7 unspecified atom stereocenters. The number of carbonyl (C=O) groups excluding carboxylic acids is 3. The van der Waals surface area contributed by atoms with Crippen molar-refractivity contribution >= 4 is 17.8 Å². The smallest absolute Gasteiger partial charge is 0.330 e. The molecule has 232 valence electrons. The number of methoxy groups -OCH3 is 1. The van der Waals surface area contributed by atoms with Crippen LogP contribution in [0.1, 0.15) is 78.6 Å². The zero-order valence-electron chi connectivity index (χ0n) is 25.9. The molecule has 1 N–H and O–H groups in total. The summed E-state index contributed by atoms with van der Waals surface area (Å²) in [6.45, 7) is 6.15. The number of carbonyl (C=O) groups is 3. The van der Waals surface area contributed by atoms with Crippen molar-refractivity contribution in [2.75, 3.05) is 14.2 Å². The molecule has 3 aliphatic heterocycles. The molecule has 4 bridgehead atoms. The van der Waals surface area contributed by atoms with E-state index in [4.69, 9.17) is 18.9 Å². The summed E-state index contributed by atoms with van der Waals surface area (Å²) >= 11 is 0. The minimum atomic E-state index is -0.464. The summed E-state index contributed by atoms with van der Waals surface area (Å²) < 4.78 is 23.8. The van der Waals surface area contributed by atoms with Crippen LogP contribution in [0.2, 0.25) is 0 Å². The van der Waals surface area contributed by atoms with Crippen LogP contribution in [0.4, 0.5) is 0 Å². The number of amides is 1. The van der Waals surface area contributed by atoms with E-state index in [2.05, 4.69) is 24.4 Å². The molecular formula is C34H49NO7. The van der Waals surface area contributed by atoms with Gasteiger partial charge < -0.3 is 24.3 Å². The van der Waals surface area contributed by atoms with E-state index in [0.29, 0.717) is 25.2 Å². The molecule has 0 aliphatic carbocycles. The van der Waals surface area contributed by atoms with Gasteiger partial charge in [-0.25, -0.2) is 4.79 Å². The van der Waals surface area contributed by atoms with Crippen LogP contribution < -0.4 is 5.32 Å². The van der Waals surface area contributed by atoms with E-state index in [9.17, 15) is 14.4 Å². The Balaban J connectivity index is 1.80. The molecule has 0 spiro atoms. The maximum atomic E-state index is 13.2. The van der Waals surface area contributed by atoms with Crippen molar-refractivity contribution in [1.82, 2.24) is 5.32 Å². The molecule has 3 heterocycles.